The van der Waals surface area contributed by atoms with Crippen LogP contribution in [0.2, 0.25) is 0 Å². The van der Waals surface area contributed by atoms with Crippen molar-refractivity contribution in [2.24, 2.45) is 0 Å². The molecule has 3 aliphatic heterocycles. The van der Waals surface area contributed by atoms with Crippen molar-refractivity contribution in [1.29, 1.82) is 0 Å². The minimum atomic E-state index is 0.556. The summed E-state index contributed by atoms with van der Waals surface area (Å²) in [6.07, 6.45) is 6.41. The summed E-state index contributed by atoms with van der Waals surface area (Å²) in [5, 5.41) is 5.65. The molecule has 0 spiro atoms. The van der Waals surface area contributed by atoms with Crippen LogP contribution < -0.4 is 31.5 Å². The van der Waals surface area contributed by atoms with Gasteiger partial charge in [-0.05, 0) is 66.7 Å². The first-order valence-corrected chi connectivity index (χ1v) is 15.2. The topological polar surface area (TPSA) is 95.0 Å². The first kappa shape index (κ1) is 29.3. The largest absolute Gasteiger partial charge is 0.553 e. The molecular formula is C35H37BN8O2+. The Morgan fingerprint density at radius 1 is 0.935 bits per heavy atom. The number of aromatic nitrogens is 1. The highest BCUT2D eigenvalue weighted by Gasteiger charge is 2.38. The van der Waals surface area contributed by atoms with Crippen LogP contribution in [0.1, 0.15) is 22.4 Å². The first-order chi connectivity index (χ1) is 22.5. The molecule has 0 bridgehead atoms. The summed E-state index contributed by atoms with van der Waals surface area (Å²) in [7, 11) is 7.61. The number of methoxy groups -OCH3 is 2. The van der Waals surface area contributed by atoms with Gasteiger partial charge in [-0.1, -0.05) is 48.0 Å². The number of ether oxygens (including phenoxy) is 2. The van der Waals surface area contributed by atoms with Gasteiger partial charge in [-0.25, -0.2) is 0 Å². The number of anilines is 2. The van der Waals surface area contributed by atoms with Crippen LogP contribution in [-0.2, 0) is 13.1 Å². The summed E-state index contributed by atoms with van der Waals surface area (Å²) < 4.78 is 15.5. The molecule has 1 aromatic heterocycles. The summed E-state index contributed by atoms with van der Waals surface area (Å²) in [6, 6.07) is 28.7. The highest BCUT2D eigenvalue weighted by Crippen LogP contribution is 2.36. The molecule has 0 saturated carbocycles. The van der Waals surface area contributed by atoms with Gasteiger partial charge in [-0.3, -0.25) is 14.8 Å². The van der Waals surface area contributed by atoms with E-state index in [4.69, 9.17) is 15.2 Å². The minimum absolute atomic E-state index is 0.556. The van der Waals surface area contributed by atoms with E-state index in [0.717, 1.165) is 75.7 Å². The number of hydrogen-bond donors (Lipinski definition) is 4. The Morgan fingerprint density at radius 3 is 2.54 bits per heavy atom. The van der Waals surface area contributed by atoms with Crippen molar-refractivity contribution in [3.05, 3.63) is 137 Å². The van der Waals surface area contributed by atoms with Crippen molar-refractivity contribution in [1.82, 2.24) is 25.3 Å². The maximum atomic E-state index is 6.08. The van der Waals surface area contributed by atoms with Crippen LogP contribution in [0.15, 0.2) is 115 Å². The Hall–Kier alpha value is -5.39. The van der Waals surface area contributed by atoms with Gasteiger partial charge in [0.05, 0.1) is 25.7 Å². The number of nitrogen functional groups attached to an aromatic ring is 1. The number of hydrogen-bond acceptors (Lipinski definition) is 8. The lowest BCUT2D eigenvalue weighted by molar-refractivity contribution is -0.320. The lowest BCUT2D eigenvalue weighted by Gasteiger charge is -2.23. The van der Waals surface area contributed by atoms with Gasteiger partial charge in [0.1, 0.15) is 23.4 Å². The first-order valence-electron chi connectivity index (χ1n) is 15.2. The summed E-state index contributed by atoms with van der Waals surface area (Å²) in [6.45, 7) is 2.18. The Labute approximate surface area is 269 Å². The van der Waals surface area contributed by atoms with E-state index in [9.17, 15) is 0 Å². The maximum Gasteiger partial charge on any atom is 0.553 e. The number of rotatable bonds is 10. The molecule has 0 aliphatic carbocycles. The van der Waals surface area contributed by atoms with Gasteiger partial charge in [0.25, 0.3) is 5.84 Å². The van der Waals surface area contributed by atoms with E-state index >= 15 is 0 Å². The van der Waals surface area contributed by atoms with Crippen LogP contribution in [0.4, 0.5) is 11.5 Å². The zero-order valence-electron chi connectivity index (χ0n) is 26.2. The second kappa shape index (κ2) is 12.5. The molecular weight excluding hydrogens is 575 g/mol. The van der Waals surface area contributed by atoms with Crippen LogP contribution in [0.25, 0.3) is 5.57 Å². The van der Waals surface area contributed by atoms with Crippen molar-refractivity contribution in [2.75, 3.05) is 38.9 Å². The van der Waals surface area contributed by atoms with E-state index in [2.05, 4.69) is 112 Å². The summed E-state index contributed by atoms with van der Waals surface area (Å²) in [5.74, 6) is 3.50. The molecule has 46 heavy (non-hydrogen) atoms. The third-order valence-corrected chi connectivity index (χ3v) is 8.31. The number of allylic oxidation sites excluding steroid dienone is 1. The number of benzene rings is 3. The Morgan fingerprint density at radius 2 is 1.76 bits per heavy atom. The standard InChI is InChI=1S/C35H37BN8O2/c1-41(21-24-7-5-4-6-8-24)22-28-23-42(40-39-28)34-18-15-31-35(25-9-11-27(37)12-10-25)30-14-17-33(43(30)36-44(31)34)38-20-26-19-29(45-2)13-16-32(26)46-3/h4-19,23,38-40H,20-22,37H2,1-3H3/q+1. The Kier molecular flexibility index (Phi) is 8.00. The molecule has 10 nitrogen and oxygen atoms in total. The average Bonchev–Trinajstić information content (AvgIpc) is 3.82. The van der Waals surface area contributed by atoms with Crippen LogP contribution in [-0.4, -0.2) is 60.1 Å². The van der Waals surface area contributed by atoms with Crippen LogP contribution >= 0.6 is 0 Å². The smallest absolute Gasteiger partial charge is 0.497 e. The Balaban J connectivity index is 1.20. The van der Waals surface area contributed by atoms with Crippen molar-refractivity contribution in [3.63, 3.8) is 0 Å². The molecule has 0 amide bonds. The van der Waals surface area contributed by atoms with Gasteiger partial charge in [0, 0.05) is 48.2 Å². The highest BCUT2D eigenvalue weighted by molar-refractivity contribution is 6.30. The predicted octanol–water partition coefficient (Wildman–Crippen LogP) is 4.13. The molecule has 7 rings (SSSR count). The summed E-state index contributed by atoms with van der Waals surface area (Å²) >= 11 is 0. The molecule has 11 heteroatoms. The SMILES string of the molecule is COc1ccc(OC)c(CNc2ccc3n2[B][N+]2=C(N4C=C(CN(C)Cc5ccccc5)NN4)C=CC2=C3c2ccc(N)cc2)c1. The van der Waals surface area contributed by atoms with Crippen molar-refractivity contribution in [2.45, 2.75) is 13.1 Å². The minimum Gasteiger partial charge on any atom is -0.497 e. The summed E-state index contributed by atoms with van der Waals surface area (Å²) in [4.78, 5) is 2.29. The van der Waals surface area contributed by atoms with Gasteiger partial charge in [0.2, 0.25) is 0 Å². The molecule has 3 aliphatic rings. The third-order valence-electron chi connectivity index (χ3n) is 8.31. The number of amidine groups is 1. The Bertz CT molecular complexity index is 1880. The van der Waals surface area contributed by atoms with Gasteiger partial charge in [-0.2, -0.15) is 0 Å². The zero-order valence-corrected chi connectivity index (χ0v) is 26.2. The van der Waals surface area contributed by atoms with E-state index in [1.165, 1.54) is 5.56 Å². The van der Waals surface area contributed by atoms with E-state index in [1.54, 1.807) is 14.2 Å². The number of hydrazine groups is 2. The molecule has 231 valence electrons. The van der Waals surface area contributed by atoms with Crippen LogP contribution in [0, 0.1) is 0 Å². The van der Waals surface area contributed by atoms with Crippen molar-refractivity contribution < 1.29 is 14.0 Å². The molecule has 0 atom stereocenters. The molecule has 0 unspecified atom stereocenters. The lowest BCUT2D eigenvalue weighted by atomic mass is 9.92. The number of likely N-dealkylation sites (N-methyl/N-ethyl adjacent to an activating group) is 1. The number of fused-ring (bicyclic) bond motifs is 2. The fourth-order valence-corrected chi connectivity index (χ4v) is 6.08. The molecule has 1 radical (unpaired) electrons. The second-order valence-corrected chi connectivity index (χ2v) is 11.5. The fraction of sp³-hybridized carbons (Fsp3) is 0.171. The van der Waals surface area contributed by atoms with Gasteiger partial charge < -0.3 is 25.0 Å². The number of nitrogens with zero attached hydrogens (tertiary/aromatic N) is 4. The van der Waals surface area contributed by atoms with E-state index in [0.29, 0.717) is 6.54 Å². The van der Waals surface area contributed by atoms with Crippen molar-refractivity contribution in [3.8, 4) is 11.5 Å². The average molecular weight is 613 g/mol. The summed E-state index contributed by atoms with van der Waals surface area (Å²) in [5.41, 5.74) is 21.2. The van der Waals surface area contributed by atoms with Gasteiger partial charge in [-0.15, -0.1) is 5.01 Å². The van der Waals surface area contributed by atoms with Crippen LogP contribution in [0.3, 0.4) is 0 Å². The molecule has 5 N–H and O–H groups in total. The van der Waals surface area contributed by atoms with Gasteiger partial charge >= 0.3 is 7.55 Å². The van der Waals surface area contributed by atoms with E-state index < -0.39 is 0 Å². The molecule has 4 aromatic rings. The maximum absolute atomic E-state index is 6.08. The zero-order chi connectivity index (χ0) is 31.6. The number of nitrogens with two attached hydrogens (primary N) is 1. The highest BCUT2D eigenvalue weighted by atomic mass is 16.5. The lowest BCUT2D eigenvalue weighted by Crippen LogP contribution is -2.45. The monoisotopic (exact) mass is 612 g/mol. The molecule has 4 heterocycles. The molecule has 3 aromatic carbocycles. The second-order valence-electron chi connectivity index (χ2n) is 11.5. The predicted molar refractivity (Wildman–Crippen MR) is 183 cm³/mol. The normalized spacial score (nSPS) is 15.0. The van der Waals surface area contributed by atoms with E-state index in [-0.39, 0.29) is 0 Å². The molecule has 0 fully saturated rings. The van der Waals surface area contributed by atoms with Crippen LogP contribution in [0.5, 0.6) is 11.5 Å². The number of nitrogens with one attached hydrogen (secondary N) is 3. The van der Waals surface area contributed by atoms with Gasteiger partial charge in [0.15, 0.2) is 0 Å². The van der Waals surface area contributed by atoms with E-state index in [1.807, 2.05) is 41.4 Å². The quantitative estimate of drug-likeness (QED) is 0.157. The molecule has 0 saturated heterocycles. The van der Waals surface area contributed by atoms with Crippen molar-refractivity contribution >= 4 is 30.5 Å². The third kappa shape index (κ3) is 5.73. The fourth-order valence-electron chi connectivity index (χ4n) is 6.08.